The Labute approximate surface area is 239 Å². The van der Waals surface area contributed by atoms with Gasteiger partial charge in [0.05, 0.1) is 6.20 Å². The molecule has 7 nitrogen and oxygen atoms in total. The molecule has 2 amide bonds. The number of hydrogen-bond acceptors (Lipinski definition) is 5. The number of H-pyrrole nitrogens is 1. The van der Waals surface area contributed by atoms with E-state index in [1.165, 1.54) is 24.1 Å². The SMILES string of the molecule is CC(C)C(=O)N1CCC(NSc2ccc(C(=O)NCCCc3cn[nH]c3)cc2C#Cc2ccc(F)cc2)C(C)C1. The number of amides is 2. The Morgan fingerprint density at radius 1 is 1.20 bits per heavy atom. The van der Waals surface area contributed by atoms with Gasteiger partial charge in [-0.05, 0) is 85.2 Å². The van der Waals surface area contributed by atoms with Gasteiger partial charge < -0.3 is 10.2 Å². The van der Waals surface area contributed by atoms with Crippen molar-refractivity contribution in [1.29, 1.82) is 0 Å². The Hall–Kier alpha value is -3.61. The second-order valence-electron chi connectivity index (χ2n) is 10.5. The van der Waals surface area contributed by atoms with Crippen LogP contribution >= 0.6 is 11.9 Å². The number of aromatic nitrogens is 2. The number of rotatable bonds is 9. The Kier molecular flexibility index (Phi) is 10.4. The fourth-order valence-electron chi connectivity index (χ4n) is 4.57. The van der Waals surface area contributed by atoms with Crippen LogP contribution in [0.25, 0.3) is 0 Å². The molecule has 4 rings (SSSR count). The Bertz CT molecular complexity index is 1350. The molecule has 2 heterocycles. The molecule has 1 aliphatic rings. The Morgan fingerprint density at radius 2 is 2.00 bits per heavy atom. The summed E-state index contributed by atoms with van der Waals surface area (Å²) in [5.41, 5.74) is 3.04. The number of carbonyl (C=O) groups excluding carboxylic acids is 2. The van der Waals surface area contributed by atoms with Gasteiger partial charge in [-0.1, -0.05) is 32.6 Å². The number of hydrogen-bond donors (Lipinski definition) is 3. The summed E-state index contributed by atoms with van der Waals surface area (Å²) in [5.74, 6) is 6.31. The van der Waals surface area contributed by atoms with E-state index in [1.54, 1.807) is 24.4 Å². The predicted octanol–water partition coefficient (Wildman–Crippen LogP) is 4.80. The highest BCUT2D eigenvalue weighted by Crippen LogP contribution is 2.26. The van der Waals surface area contributed by atoms with Gasteiger partial charge >= 0.3 is 0 Å². The van der Waals surface area contributed by atoms with Gasteiger partial charge in [0.15, 0.2) is 0 Å². The molecule has 0 bridgehead atoms. The van der Waals surface area contributed by atoms with E-state index < -0.39 is 0 Å². The first kappa shape index (κ1) is 29.4. The molecule has 2 atom stereocenters. The molecular weight excluding hydrogens is 525 g/mol. The maximum Gasteiger partial charge on any atom is 0.251 e. The molecular formula is C31H36FN5O2S. The molecule has 0 spiro atoms. The molecule has 2 unspecified atom stereocenters. The monoisotopic (exact) mass is 561 g/mol. The lowest BCUT2D eigenvalue weighted by molar-refractivity contribution is -0.136. The third-order valence-electron chi connectivity index (χ3n) is 6.94. The first-order chi connectivity index (χ1) is 19.3. The lowest BCUT2D eigenvalue weighted by Crippen LogP contribution is -2.49. The van der Waals surface area contributed by atoms with Crippen LogP contribution in [0.2, 0.25) is 0 Å². The van der Waals surface area contributed by atoms with Crippen molar-refractivity contribution in [2.75, 3.05) is 19.6 Å². The molecule has 9 heteroatoms. The predicted molar refractivity (Wildman–Crippen MR) is 156 cm³/mol. The highest BCUT2D eigenvalue weighted by Gasteiger charge is 2.29. The quantitative estimate of drug-likeness (QED) is 0.198. The number of halogens is 1. The van der Waals surface area contributed by atoms with E-state index in [1.807, 2.05) is 37.1 Å². The maximum absolute atomic E-state index is 13.3. The maximum atomic E-state index is 13.3. The summed E-state index contributed by atoms with van der Waals surface area (Å²) in [7, 11) is 0. The summed E-state index contributed by atoms with van der Waals surface area (Å²) in [4.78, 5) is 28.2. The lowest BCUT2D eigenvalue weighted by Gasteiger charge is -2.38. The minimum absolute atomic E-state index is 0.000448. The van der Waals surface area contributed by atoms with Gasteiger partial charge in [0.2, 0.25) is 5.91 Å². The van der Waals surface area contributed by atoms with Crippen LogP contribution in [0.1, 0.15) is 60.7 Å². The Balaban J connectivity index is 1.43. The average molecular weight is 562 g/mol. The zero-order chi connectivity index (χ0) is 28.5. The first-order valence-electron chi connectivity index (χ1n) is 13.7. The average Bonchev–Trinajstić information content (AvgIpc) is 3.47. The highest BCUT2D eigenvalue weighted by molar-refractivity contribution is 7.97. The van der Waals surface area contributed by atoms with E-state index >= 15 is 0 Å². The second-order valence-corrected chi connectivity index (χ2v) is 11.3. The fourth-order valence-corrected chi connectivity index (χ4v) is 5.55. The number of nitrogens with one attached hydrogen (secondary N) is 3. The van der Waals surface area contributed by atoms with Crippen molar-refractivity contribution in [1.82, 2.24) is 25.1 Å². The molecule has 0 saturated carbocycles. The van der Waals surface area contributed by atoms with Gasteiger partial charge in [-0.3, -0.25) is 19.4 Å². The van der Waals surface area contributed by atoms with Crippen LogP contribution in [-0.2, 0) is 11.2 Å². The third-order valence-corrected chi connectivity index (χ3v) is 7.94. The Morgan fingerprint density at radius 3 is 2.70 bits per heavy atom. The number of piperidine rings is 1. The topological polar surface area (TPSA) is 90.1 Å². The molecule has 210 valence electrons. The van der Waals surface area contributed by atoms with Gasteiger partial charge in [-0.25, -0.2) is 4.39 Å². The lowest BCUT2D eigenvalue weighted by atomic mass is 9.94. The summed E-state index contributed by atoms with van der Waals surface area (Å²) < 4.78 is 16.9. The zero-order valence-electron chi connectivity index (χ0n) is 23.2. The van der Waals surface area contributed by atoms with Gasteiger partial charge in [-0.2, -0.15) is 5.10 Å². The number of likely N-dealkylation sites (tertiary alicyclic amines) is 1. The van der Waals surface area contributed by atoms with Crippen LogP contribution in [0.3, 0.4) is 0 Å². The first-order valence-corrected chi connectivity index (χ1v) is 14.5. The summed E-state index contributed by atoms with van der Waals surface area (Å²) in [6.45, 7) is 8.05. The number of nitrogens with zero attached hydrogens (tertiary/aromatic N) is 2. The van der Waals surface area contributed by atoms with E-state index in [9.17, 15) is 14.0 Å². The second kappa shape index (κ2) is 14.1. The molecule has 2 aromatic carbocycles. The van der Waals surface area contributed by atoms with Crippen molar-refractivity contribution < 1.29 is 14.0 Å². The van der Waals surface area contributed by atoms with Crippen LogP contribution in [-0.4, -0.2) is 52.6 Å². The molecule has 3 N–H and O–H groups in total. The van der Waals surface area contributed by atoms with Crippen molar-refractivity contribution in [2.45, 2.75) is 51.0 Å². The normalized spacial score (nSPS) is 16.9. The van der Waals surface area contributed by atoms with Gasteiger partial charge in [-0.15, -0.1) is 0 Å². The van der Waals surface area contributed by atoms with Crippen LogP contribution in [0.5, 0.6) is 0 Å². The van der Waals surface area contributed by atoms with Crippen LogP contribution < -0.4 is 10.0 Å². The van der Waals surface area contributed by atoms with Crippen LogP contribution in [0, 0.1) is 29.5 Å². The molecule has 0 radical (unpaired) electrons. The molecule has 0 aliphatic carbocycles. The van der Waals surface area contributed by atoms with Crippen LogP contribution in [0.15, 0.2) is 59.8 Å². The van der Waals surface area contributed by atoms with Crippen LogP contribution in [0.4, 0.5) is 4.39 Å². The molecule has 1 aliphatic heterocycles. The fraction of sp³-hybridized carbons (Fsp3) is 0.387. The highest BCUT2D eigenvalue weighted by atomic mass is 32.2. The smallest absolute Gasteiger partial charge is 0.251 e. The number of aryl methyl sites for hydroxylation is 1. The minimum atomic E-state index is -0.312. The molecule has 40 heavy (non-hydrogen) atoms. The minimum Gasteiger partial charge on any atom is -0.352 e. The van der Waals surface area contributed by atoms with Crippen molar-refractivity contribution in [3.8, 4) is 11.8 Å². The standard InChI is InChI=1S/C31H36FN5O2S/c1-21(2)31(39)37-16-14-28(22(3)20-37)36-40-29-13-10-26(30(38)33-15-4-5-24-18-34-35-19-24)17-25(29)9-6-23-7-11-27(32)12-8-23/h7-8,10-13,17-19,21-22,28,36H,4-5,14-16,20H2,1-3H3,(H,33,38)(H,34,35). The zero-order valence-corrected chi connectivity index (χ0v) is 24.0. The summed E-state index contributed by atoms with van der Waals surface area (Å²) in [6, 6.07) is 11.8. The largest absolute Gasteiger partial charge is 0.352 e. The van der Waals surface area contributed by atoms with E-state index in [2.05, 4.69) is 39.0 Å². The number of aromatic amines is 1. The third kappa shape index (κ3) is 8.20. The van der Waals surface area contributed by atoms with Gasteiger partial charge in [0.1, 0.15) is 5.82 Å². The van der Waals surface area contributed by atoms with E-state index in [0.29, 0.717) is 29.2 Å². The van der Waals surface area contributed by atoms with Gasteiger partial charge in [0, 0.05) is 59.4 Å². The summed E-state index contributed by atoms with van der Waals surface area (Å²) in [6.07, 6.45) is 6.14. The molecule has 1 aromatic heterocycles. The van der Waals surface area contributed by atoms with Gasteiger partial charge in [0.25, 0.3) is 5.91 Å². The van der Waals surface area contributed by atoms with Crippen molar-refractivity contribution in [3.05, 3.63) is 82.9 Å². The molecule has 3 aromatic rings. The summed E-state index contributed by atoms with van der Waals surface area (Å²) in [5, 5.41) is 9.72. The number of benzene rings is 2. The summed E-state index contributed by atoms with van der Waals surface area (Å²) >= 11 is 1.49. The van der Waals surface area contributed by atoms with E-state index in [-0.39, 0.29) is 29.6 Å². The van der Waals surface area contributed by atoms with Crippen molar-refractivity contribution in [3.63, 3.8) is 0 Å². The van der Waals surface area contributed by atoms with E-state index in [4.69, 9.17) is 0 Å². The van der Waals surface area contributed by atoms with Crippen molar-refractivity contribution in [2.24, 2.45) is 11.8 Å². The number of carbonyl (C=O) groups is 2. The molecule has 1 fully saturated rings. The van der Waals surface area contributed by atoms with Crippen molar-refractivity contribution >= 4 is 23.8 Å². The molecule has 1 saturated heterocycles. The van der Waals surface area contributed by atoms with E-state index in [0.717, 1.165) is 42.8 Å².